The van der Waals surface area contributed by atoms with Crippen LogP contribution in [0.3, 0.4) is 0 Å². The highest BCUT2D eigenvalue weighted by Gasteiger charge is 2.19. The number of ether oxygens (including phenoxy) is 2. The first-order valence-corrected chi connectivity index (χ1v) is 8.17. The minimum atomic E-state index is -0.717. The second kappa shape index (κ2) is 8.20. The van der Waals surface area contributed by atoms with Gasteiger partial charge in [0.25, 0.3) is 5.91 Å². The number of nitrogens with one attached hydrogen (secondary N) is 1. The molecule has 1 atom stereocenters. The van der Waals surface area contributed by atoms with E-state index in [4.69, 9.17) is 14.7 Å². The third-order valence-corrected chi connectivity index (χ3v) is 3.77. The highest BCUT2D eigenvalue weighted by molar-refractivity contribution is 5.95. The molecule has 5 nitrogen and oxygen atoms in total. The summed E-state index contributed by atoms with van der Waals surface area (Å²) >= 11 is 0. The summed E-state index contributed by atoms with van der Waals surface area (Å²) in [6, 6.07) is 12.8. The molecular weight excluding hydrogens is 316 g/mol. The van der Waals surface area contributed by atoms with Crippen LogP contribution in [0.15, 0.2) is 36.4 Å². The van der Waals surface area contributed by atoms with Crippen LogP contribution >= 0.6 is 0 Å². The molecule has 2 aromatic rings. The molecule has 0 aromatic heterocycles. The van der Waals surface area contributed by atoms with Crippen LogP contribution < -0.4 is 14.8 Å². The van der Waals surface area contributed by atoms with Crippen LogP contribution in [0, 0.1) is 25.2 Å². The summed E-state index contributed by atoms with van der Waals surface area (Å²) in [6.07, 6.45) is -0.717. The number of benzene rings is 2. The van der Waals surface area contributed by atoms with Gasteiger partial charge in [-0.15, -0.1) is 0 Å². The lowest BCUT2D eigenvalue weighted by Crippen LogP contribution is -2.30. The summed E-state index contributed by atoms with van der Waals surface area (Å²) in [6.45, 7) is 7.86. The number of anilines is 1. The highest BCUT2D eigenvalue weighted by atomic mass is 16.5. The molecule has 1 N–H and O–H groups in total. The molecule has 2 rings (SSSR count). The number of carbonyl (C=O) groups excluding carboxylic acids is 1. The smallest absolute Gasteiger partial charge is 0.265 e. The maximum absolute atomic E-state index is 12.5. The number of nitrogens with zero attached hydrogens (tertiary/aromatic N) is 1. The maximum Gasteiger partial charge on any atom is 0.265 e. The zero-order chi connectivity index (χ0) is 18.4. The van der Waals surface area contributed by atoms with Crippen molar-refractivity contribution in [1.82, 2.24) is 0 Å². The Balaban J connectivity index is 2.15. The van der Waals surface area contributed by atoms with E-state index in [-0.39, 0.29) is 5.91 Å². The Bertz CT molecular complexity index is 789. The fourth-order valence-corrected chi connectivity index (χ4v) is 2.42. The number of carbonyl (C=O) groups is 1. The Hall–Kier alpha value is -3.00. The van der Waals surface area contributed by atoms with Gasteiger partial charge >= 0.3 is 0 Å². The lowest BCUT2D eigenvalue weighted by atomic mass is 10.1. The van der Waals surface area contributed by atoms with Gasteiger partial charge in [-0.1, -0.05) is 18.2 Å². The molecule has 0 aliphatic carbocycles. The molecule has 0 spiro atoms. The van der Waals surface area contributed by atoms with E-state index in [2.05, 4.69) is 11.4 Å². The predicted octanol–water partition coefficient (Wildman–Crippen LogP) is 3.98. The first-order chi connectivity index (χ1) is 12.0. The van der Waals surface area contributed by atoms with Crippen LogP contribution in [0.2, 0.25) is 0 Å². The SMILES string of the molecule is CCOc1cc(C#N)ccc1O[C@@H](C)C(=O)Nc1c(C)cccc1C. The van der Waals surface area contributed by atoms with Gasteiger partial charge < -0.3 is 14.8 Å². The first-order valence-electron chi connectivity index (χ1n) is 8.17. The third kappa shape index (κ3) is 4.51. The summed E-state index contributed by atoms with van der Waals surface area (Å²) in [5, 5.41) is 11.9. The molecule has 0 bridgehead atoms. The second-order valence-electron chi connectivity index (χ2n) is 5.72. The number of amides is 1. The van der Waals surface area contributed by atoms with Crippen molar-refractivity contribution in [1.29, 1.82) is 5.26 Å². The molecule has 0 radical (unpaired) electrons. The molecule has 25 heavy (non-hydrogen) atoms. The monoisotopic (exact) mass is 338 g/mol. The Morgan fingerprint density at radius 3 is 2.48 bits per heavy atom. The average molecular weight is 338 g/mol. The van der Waals surface area contributed by atoms with Gasteiger partial charge in [0, 0.05) is 11.8 Å². The first kappa shape index (κ1) is 18.3. The molecule has 5 heteroatoms. The van der Waals surface area contributed by atoms with Crippen molar-refractivity contribution in [2.24, 2.45) is 0 Å². The van der Waals surface area contributed by atoms with Crippen LogP contribution in [-0.2, 0) is 4.79 Å². The fourth-order valence-electron chi connectivity index (χ4n) is 2.42. The van der Waals surface area contributed by atoms with E-state index in [0.29, 0.717) is 23.7 Å². The summed E-state index contributed by atoms with van der Waals surface area (Å²) in [5.41, 5.74) is 3.26. The predicted molar refractivity (Wildman–Crippen MR) is 97.0 cm³/mol. The van der Waals surface area contributed by atoms with Crippen molar-refractivity contribution in [3.63, 3.8) is 0 Å². The standard InChI is InChI=1S/C20H22N2O3/c1-5-24-18-11-16(12-21)9-10-17(18)25-15(4)20(23)22-19-13(2)7-6-8-14(19)3/h6-11,15H,5H2,1-4H3,(H,22,23)/t15-/m0/s1. The normalized spacial score (nSPS) is 11.3. The van der Waals surface area contributed by atoms with Gasteiger partial charge in [-0.25, -0.2) is 0 Å². The van der Waals surface area contributed by atoms with Crippen molar-refractivity contribution in [3.8, 4) is 17.6 Å². The van der Waals surface area contributed by atoms with E-state index in [1.807, 2.05) is 39.0 Å². The molecule has 0 heterocycles. The summed E-state index contributed by atoms with van der Waals surface area (Å²) in [5.74, 6) is 0.641. The quantitative estimate of drug-likeness (QED) is 0.865. The Labute approximate surface area is 148 Å². The van der Waals surface area contributed by atoms with Crippen LogP contribution in [0.1, 0.15) is 30.5 Å². The molecule has 0 saturated carbocycles. The number of rotatable bonds is 6. The lowest BCUT2D eigenvalue weighted by Gasteiger charge is -2.19. The van der Waals surface area contributed by atoms with Crippen molar-refractivity contribution < 1.29 is 14.3 Å². The topological polar surface area (TPSA) is 71.3 Å². The van der Waals surface area contributed by atoms with Crippen molar-refractivity contribution in [3.05, 3.63) is 53.1 Å². The van der Waals surface area contributed by atoms with Gasteiger partial charge in [-0.3, -0.25) is 4.79 Å². The number of hydrogen-bond donors (Lipinski definition) is 1. The van der Waals surface area contributed by atoms with E-state index in [0.717, 1.165) is 16.8 Å². The van der Waals surface area contributed by atoms with Gasteiger partial charge in [0.1, 0.15) is 0 Å². The van der Waals surface area contributed by atoms with Gasteiger partial charge in [-0.05, 0) is 51.0 Å². The Morgan fingerprint density at radius 1 is 1.20 bits per heavy atom. The second-order valence-corrected chi connectivity index (χ2v) is 5.72. The zero-order valence-electron chi connectivity index (χ0n) is 14.9. The molecule has 0 fully saturated rings. The van der Waals surface area contributed by atoms with Gasteiger partial charge in [-0.2, -0.15) is 5.26 Å². The maximum atomic E-state index is 12.5. The fraction of sp³-hybridized carbons (Fsp3) is 0.300. The summed E-state index contributed by atoms with van der Waals surface area (Å²) < 4.78 is 11.3. The highest BCUT2D eigenvalue weighted by Crippen LogP contribution is 2.29. The van der Waals surface area contributed by atoms with Crippen molar-refractivity contribution in [2.45, 2.75) is 33.8 Å². The van der Waals surface area contributed by atoms with Crippen LogP contribution in [0.5, 0.6) is 11.5 Å². The van der Waals surface area contributed by atoms with E-state index >= 15 is 0 Å². The average Bonchev–Trinajstić information content (AvgIpc) is 2.59. The van der Waals surface area contributed by atoms with E-state index < -0.39 is 6.10 Å². The van der Waals surface area contributed by atoms with E-state index in [9.17, 15) is 4.79 Å². The minimum Gasteiger partial charge on any atom is -0.490 e. The lowest BCUT2D eigenvalue weighted by molar-refractivity contribution is -0.122. The molecule has 0 saturated heterocycles. The third-order valence-electron chi connectivity index (χ3n) is 3.77. The van der Waals surface area contributed by atoms with Crippen LogP contribution in [0.4, 0.5) is 5.69 Å². The van der Waals surface area contributed by atoms with E-state index in [1.165, 1.54) is 0 Å². The number of para-hydroxylation sites is 1. The zero-order valence-corrected chi connectivity index (χ0v) is 14.9. The number of hydrogen-bond acceptors (Lipinski definition) is 4. The molecule has 0 aliphatic rings. The van der Waals surface area contributed by atoms with Crippen LogP contribution in [0.25, 0.3) is 0 Å². The largest absolute Gasteiger partial charge is 0.490 e. The van der Waals surface area contributed by atoms with Gasteiger partial charge in [0.15, 0.2) is 17.6 Å². The van der Waals surface area contributed by atoms with Crippen molar-refractivity contribution in [2.75, 3.05) is 11.9 Å². The number of nitriles is 1. The van der Waals surface area contributed by atoms with E-state index in [1.54, 1.807) is 25.1 Å². The molecule has 130 valence electrons. The molecular formula is C20H22N2O3. The van der Waals surface area contributed by atoms with Gasteiger partial charge in [0.05, 0.1) is 18.2 Å². The molecule has 1 amide bonds. The Kier molecular flexibility index (Phi) is 6.02. The summed E-state index contributed by atoms with van der Waals surface area (Å²) in [4.78, 5) is 12.5. The van der Waals surface area contributed by atoms with Gasteiger partial charge in [0.2, 0.25) is 0 Å². The molecule has 0 unspecified atom stereocenters. The van der Waals surface area contributed by atoms with Crippen LogP contribution in [-0.4, -0.2) is 18.6 Å². The Morgan fingerprint density at radius 2 is 1.88 bits per heavy atom. The molecule has 2 aromatic carbocycles. The molecule has 0 aliphatic heterocycles. The number of aryl methyl sites for hydroxylation is 2. The minimum absolute atomic E-state index is 0.246. The van der Waals surface area contributed by atoms with Crippen molar-refractivity contribution >= 4 is 11.6 Å². The summed E-state index contributed by atoms with van der Waals surface area (Å²) in [7, 11) is 0.